The topological polar surface area (TPSA) is 48.5 Å². The van der Waals surface area contributed by atoms with Crippen molar-refractivity contribution < 1.29 is 4.79 Å². The van der Waals surface area contributed by atoms with Crippen LogP contribution in [0.5, 0.6) is 0 Å². The number of benzene rings is 2. The zero-order valence-electron chi connectivity index (χ0n) is 16.7. The molecule has 6 heteroatoms. The summed E-state index contributed by atoms with van der Waals surface area (Å²) in [5.41, 5.74) is 3.63. The number of carbonyl (C=O) groups is 1. The average Bonchev–Trinajstić information content (AvgIpc) is 3.17. The van der Waals surface area contributed by atoms with Crippen LogP contribution in [0.3, 0.4) is 0 Å². The normalized spacial score (nSPS) is 20.0. The Bertz CT molecular complexity index is 1040. The highest BCUT2D eigenvalue weighted by atomic mass is 32.1. The van der Waals surface area contributed by atoms with Crippen LogP contribution in [0.15, 0.2) is 42.5 Å². The molecule has 2 aromatic carbocycles. The van der Waals surface area contributed by atoms with Gasteiger partial charge in [-0.05, 0) is 53.2 Å². The number of nitrogens with one attached hydrogen (secondary N) is 1. The monoisotopic (exact) mass is 406 g/mol. The summed E-state index contributed by atoms with van der Waals surface area (Å²) in [6.45, 7) is 7.42. The Labute approximate surface area is 175 Å². The van der Waals surface area contributed by atoms with Crippen LogP contribution in [-0.4, -0.2) is 47.9 Å². The van der Waals surface area contributed by atoms with Crippen molar-refractivity contribution >= 4 is 39.0 Å². The number of rotatable bonds is 4. The molecule has 1 aromatic heterocycles. The van der Waals surface area contributed by atoms with E-state index >= 15 is 0 Å². The van der Waals surface area contributed by atoms with Crippen molar-refractivity contribution in [3.63, 3.8) is 0 Å². The molecule has 0 saturated carbocycles. The Morgan fingerprint density at radius 3 is 2.83 bits per heavy atom. The highest BCUT2D eigenvalue weighted by Crippen LogP contribution is 2.33. The Morgan fingerprint density at radius 1 is 1.14 bits per heavy atom. The van der Waals surface area contributed by atoms with Crippen LogP contribution < -0.4 is 10.2 Å². The first-order valence-electron chi connectivity index (χ1n) is 10.4. The number of carbonyl (C=O) groups excluding carboxylic acids is 1. The number of amides is 1. The van der Waals surface area contributed by atoms with Crippen molar-refractivity contribution in [2.75, 3.05) is 42.9 Å². The van der Waals surface area contributed by atoms with Crippen LogP contribution in [0.4, 0.5) is 11.5 Å². The zero-order valence-corrected chi connectivity index (χ0v) is 17.5. The van der Waals surface area contributed by atoms with Gasteiger partial charge in [0.15, 0.2) is 0 Å². The van der Waals surface area contributed by atoms with Gasteiger partial charge >= 0.3 is 0 Å². The summed E-state index contributed by atoms with van der Waals surface area (Å²) in [5.74, 6) is 1.58. The third kappa shape index (κ3) is 3.74. The van der Waals surface area contributed by atoms with Crippen LogP contribution in [0.2, 0.25) is 0 Å². The summed E-state index contributed by atoms with van der Waals surface area (Å²) in [5, 5.41) is 4.27. The molecule has 29 heavy (non-hydrogen) atoms. The highest BCUT2D eigenvalue weighted by Gasteiger charge is 2.23. The van der Waals surface area contributed by atoms with Gasteiger partial charge in [-0.1, -0.05) is 31.2 Å². The van der Waals surface area contributed by atoms with Crippen molar-refractivity contribution in [1.82, 2.24) is 9.27 Å². The Morgan fingerprint density at radius 2 is 1.97 bits per heavy atom. The van der Waals surface area contributed by atoms with Crippen LogP contribution in [0.25, 0.3) is 10.1 Å². The molecule has 2 aliphatic rings. The van der Waals surface area contributed by atoms with E-state index in [9.17, 15) is 4.79 Å². The van der Waals surface area contributed by atoms with E-state index in [0.717, 1.165) is 50.6 Å². The first-order chi connectivity index (χ1) is 14.2. The third-order valence-electron chi connectivity index (χ3n) is 6.16. The van der Waals surface area contributed by atoms with Crippen LogP contribution in [-0.2, 0) is 11.2 Å². The number of aromatic nitrogens is 1. The van der Waals surface area contributed by atoms with Crippen molar-refractivity contribution in [1.29, 1.82) is 0 Å². The molecule has 1 unspecified atom stereocenters. The van der Waals surface area contributed by atoms with E-state index in [1.165, 1.54) is 21.2 Å². The predicted molar refractivity (Wildman–Crippen MR) is 120 cm³/mol. The Balaban J connectivity index is 1.19. The maximum atomic E-state index is 11.7. The summed E-state index contributed by atoms with van der Waals surface area (Å²) >= 11 is 1.60. The van der Waals surface area contributed by atoms with E-state index in [4.69, 9.17) is 4.37 Å². The number of hydrogen-bond acceptors (Lipinski definition) is 5. The molecule has 1 atom stereocenters. The van der Waals surface area contributed by atoms with Crippen molar-refractivity contribution in [2.45, 2.75) is 25.7 Å². The minimum atomic E-state index is 0.128. The smallest absolute Gasteiger partial charge is 0.224 e. The lowest BCUT2D eigenvalue weighted by Gasteiger charge is -2.35. The summed E-state index contributed by atoms with van der Waals surface area (Å²) in [6.07, 6.45) is 1.64. The summed E-state index contributed by atoms with van der Waals surface area (Å²) < 4.78 is 5.98. The Hall–Kier alpha value is -2.44. The minimum absolute atomic E-state index is 0.128. The van der Waals surface area contributed by atoms with Crippen LogP contribution >= 0.6 is 11.5 Å². The second-order valence-electron chi connectivity index (χ2n) is 8.16. The maximum absolute atomic E-state index is 11.7. The molecule has 3 heterocycles. The first kappa shape index (κ1) is 18.6. The lowest BCUT2D eigenvalue weighted by molar-refractivity contribution is -0.116. The number of anilines is 2. The van der Waals surface area contributed by atoms with Gasteiger partial charge in [0.25, 0.3) is 0 Å². The Kier molecular flexibility index (Phi) is 4.97. The fourth-order valence-corrected chi connectivity index (χ4v) is 5.25. The van der Waals surface area contributed by atoms with E-state index in [1.54, 1.807) is 11.5 Å². The molecular formula is C23H26N4OS. The number of nitrogens with zero attached hydrogens (tertiary/aromatic N) is 3. The van der Waals surface area contributed by atoms with Gasteiger partial charge in [0.2, 0.25) is 5.91 Å². The summed E-state index contributed by atoms with van der Waals surface area (Å²) in [6, 6.07) is 15.0. The molecule has 1 saturated heterocycles. The minimum Gasteiger partial charge on any atom is -0.353 e. The van der Waals surface area contributed by atoms with Gasteiger partial charge in [-0.3, -0.25) is 9.69 Å². The number of hydrogen-bond donors (Lipinski definition) is 1. The van der Waals surface area contributed by atoms with Gasteiger partial charge in [0, 0.05) is 50.2 Å². The van der Waals surface area contributed by atoms with Gasteiger partial charge in [0.1, 0.15) is 5.82 Å². The van der Waals surface area contributed by atoms with Crippen LogP contribution in [0, 0.1) is 0 Å². The molecular weight excluding hydrogens is 380 g/mol. The predicted octanol–water partition coefficient (Wildman–Crippen LogP) is 4.11. The summed E-state index contributed by atoms with van der Waals surface area (Å²) in [7, 11) is 0. The van der Waals surface area contributed by atoms with Crippen molar-refractivity contribution in [2.24, 2.45) is 0 Å². The fourth-order valence-electron chi connectivity index (χ4n) is 4.45. The van der Waals surface area contributed by atoms with E-state index in [0.29, 0.717) is 12.3 Å². The zero-order chi connectivity index (χ0) is 19.8. The van der Waals surface area contributed by atoms with Gasteiger partial charge in [-0.2, -0.15) is 4.37 Å². The maximum Gasteiger partial charge on any atom is 0.224 e. The molecule has 0 bridgehead atoms. The molecule has 3 aromatic rings. The van der Waals surface area contributed by atoms with Crippen molar-refractivity contribution in [3.05, 3.63) is 53.6 Å². The van der Waals surface area contributed by atoms with Gasteiger partial charge < -0.3 is 10.2 Å². The third-order valence-corrected chi connectivity index (χ3v) is 6.98. The highest BCUT2D eigenvalue weighted by molar-refractivity contribution is 7.13. The van der Waals surface area contributed by atoms with E-state index in [-0.39, 0.29) is 5.91 Å². The molecule has 150 valence electrons. The van der Waals surface area contributed by atoms with Crippen LogP contribution in [0.1, 0.15) is 30.4 Å². The van der Waals surface area contributed by atoms with Gasteiger partial charge in [-0.25, -0.2) is 0 Å². The average molecular weight is 407 g/mol. The van der Waals surface area contributed by atoms with E-state index in [2.05, 4.69) is 64.5 Å². The largest absolute Gasteiger partial charge is 0.353 e. The molecule has 0 spiro atoms. The molecule has 5 rings (SSSR count). The molecule has 0 aliphatic carbocycles. The van der Waals surface area contributed by atoms with Gasteiger partial charge in [0.05, 0.1) is 4.70 Å². The molecule has 1 amide bonds. The second kappa shape index (κ2) is 7.76. The first-order valence-corrected chi connectivity index (χ1v) is 11.2. The molecule has 5 nitrogen and oxygen atoms in total. The van der Waals surface area contributed by atoms with Gasteiger partial charge in [-0.15, -0.1) is 0 Å². The molecule has 1 N–H and O–H groups in total. The fraction of sp³-hybridized carbons (Fsp3) is 0.391. The standard InChI is InChI=1S/C23H26N4OS/c1-16-14-22(28)24-20-7-6-17(15-19(16)20)8-9-26-10-12-27(13-11-26)23-18-4-2-3-5-21(18)29-25-23/h2-7,15-16H,8-14H2,1H3,(H,24,28). The number of fused-ring (bicyclic) bond motifs is 2. The van der Waals surface area contributed by atoms with E-state index in [1.807, 2.05) is 0 Å². The lowest BCUT2D eigenvalue weighted by atomic mass is 9.90. The molecule has 1 fully saturated rings. The lowest BCUT2D eigenvalue weighted by Crippen LogP contribution is -2.47. The second-order valence-corrected chi connectivity index (χ2v) is 8.96. The quantitative estimate of drug-likeness (QED) is 0.708. The molecule has 0 radical (unpaired) electrons. The number of piperazine rings is 1. The SMILES string of the molecule is CC1CC(=O)Nc2ccc(CCN3CCN(c4nsc5ccccc45)CC3)cc21. The van der Waals surface area contributed by atoms with Crippen molar-refractivity contribution in [3.8, 4) is 0 Å². The van der Waals surface area contributed by atoms with E-state index < -0.39 is 0 Å². The molecule has 2 aliphatic heterocycles. The summed E-state index contributed by atoms with van der Waals surface area (Å²) in [4.78, 5) is 16.7.